The van der Waals surface area contributed by atoms with Crippen LogP contribution in [0.1, 0.15) is 18.4 Å². The molecule has 1 aliphatic heterocycles. The number of piperidine rings is 1. The molecule has 1 fully saturated rings. The predicted octanol–water partition coefficient (Wildman–Crippen LogP) is 4.30. The van der Waals surface area contributed by atoms with Gasteiger partial charge in [-0.2, -0.15) is 0 Å². The van der Waals surface area contributed by atoms with E-state index in [1.165, 1.54) is 27.4 Å². The number of halogens is 2. The third kappa shape index (κ3) is 6.18. The smallest absolute Gasteiger partial charge is 0.230 e. The van der Waals surface area contributed by atoms with Crippen molar-refractivity contribution in [1.82, 2.24) is 14.5 Å². The molecule has 0 bridgehead atoms. The van der Waals surface area contributed by atoms with Gasteiger partial charge < -0.3 is 5.32 Å². The lowest BCUT2D eigenvalue weighted by Gasteiger charge is -2.31. The Morgan fingerprint density at radius 3 is 2.90 bits per heavy atom. The number of carbonyl (C=O) groups is 1. The Labute approximate surface area is 193 Å². The second-order valence-electron chi connectivity index (χ2n) is 6.66. The first-order valence-corrected chi connectivity index (χ1v) is 13.2. The fourth-order valence-corrected chi connectivity index (χ4v) is 6.43. The van der Waals surface area contributed by atoms with Gasteiger partial charge in [-0.3, -0.25) is 4.79 Å². The number of hydrogen-bond acceptors (Lipinski definition) is 7. The third-order valence-electron chi connectivity index (χ3n) is 4.44. The average molecular weight is 507 g/mol. The van der Waals surface area contributed by atoms with Crippen molar-refractivity contribution in [3.63, 3.8) is 0 Å². The van der Waals surface area contributed by atoms with Crippen LogP contribution >= 0.6 is 46.3 Å². The molecule has 0 aliphatic carbocycles. The largest absolute Gasteiger partial charge is 0.300 e. The fourth-order valence-electron chi connectivity index (χ4n) is 3.00. The molecule has 7 nitrogen and oxygen atoms in total. The van der Waals surface area contributed by atoms with Crippen LogP contribution in [-0.4, -0.2) is 47.7 Å². The lowest BCUT2D eigenvalue weighted by Crippen LogP contribution is -2.44. The Hall–Kier alpha value is -1.17. The molecule has 0 radical (unpaired) electrons. The number of nitrogens with zero attached hydrogens (tertiary/aromatic N) is 3. The first-order valence-electron chi connectivity index (χ1n) is 9.08. The number of aromatic nitrogens is 2. The van der Waals surface area contributed by atoms with Gasteiger partial charge in [-0.05, 0) is 30.5 Å². The predicted molar refractivity (Wildman–Crippen MR) is 123 cm³/mol. The van der Waals surface area contributed by atoms with Crippen LogP contribution in [0.2, 0.25) is 10.0 Å². The van der Waals surface area contributed by atoms with Crippen molar-refractivity contribution in [3.8, 4) is 0 Å². The molecule has 2 aromatic rings. The standard InChI is InChI=1S/C18H20Cl2N4O3S3/c1-2-8-28-18-23-22-17(29-18)21-16(25)13-4-3-7-24(10-13)30(26,27)11-12-5-6-14(19)15(20)9-12/h2,5-6,9,13H,1,3-4,7-8,10-11H2,(H,21,22,25)/t13-/m1/s1. The van der Waals surface area contributed by atoms with E-state index in [0.717, 1.165) is 4.34 Å². The van der Waals surface area contributed by atoms with Crippen LogP contribution in [0, 0.1) is 5.92 Å². The first kappa shape index (κ1) is 23.5. The molecule has 162 valence electrons. The Bertz CT molecular complexity index is 1030. The zero-order chi connectivity index (χ0) is 21.7. The Balaban J connectivity index is 1.62. The number of hydrogen-bond donors (Lipinski definition) is 1. The average Bonchev–Trinajstić information content (AvgIpc) is 3.16. The molecule has 1 aliphatic rings. The number of nitrogens with one attached hydrogen (secondary N) is 1. The summed E-state index contributed by atoms with van der Waals surface area (Å²) in [6.45, 7) is 4.17. The van der Waals surface area contributed by atoms with Gasteiger partial charge in [-0.1, -0.05) is 58.4 Å². The van der Waals surface area contributed by atoms with E-state index >= 15 is 0 Å². The highest BCUT2D eigenvalue weighted by Gasteiger charge is 2.33. The van der Waals surface area contributed by atoms with Crippen molar-refractivity contribution in [2.75, 3.05) is 24.2 Å². The maximum absolute atomic E-state index is 12.9. The van der Waals surface area contributed by atoms with E-state index in [-0.39, 0.29) is 18.2 Å². The van der Waals surface area contributed by atoms with Gasteiger partial charge in [0.1, 0.15) is 0 Å². The van der Waals surface area contributed by atoms with Gasteiger partial charge in [0.25, 0.3) is 0 Å². The Kier molecular flexibility index (Phi) is 8.17. The molecule has 1 amide bonds. The highest BCUT2D eigenvalue weighted by atomic mass is 35.5. The van der Waals surface area contributed by atoms with E-state index in [9.17, 15) is 13.2 Å². The summed E-state index contributed by atoms with van der Waals surface area (Å²) in [4.78, 5) is 12.7. The normalized spacial score (nSPS) is 17.6. The van der Waals surface area contributed by atoms with Gasteiger partial charge in [0.15, 0.2) is 4.34 Å². The summed E-state index contributed by atoms with van der Waals surface area (Å²) in [6, 6.07) is 4.76. The highest BCUT2D eigenvalue weighted by Crippen LogP contribution is 2.28. The minimum Gasteiger partial charge on any atom is -0.300 e. The molecule has 12 heteroatoms. The van der Waals surface area contributed by atoms with Crippen molar-refractivity contribution in [2.24, 2.45) is 5.92 Å². The summed E-state index contributed by atoms with van der Waals surface area (Å²) in [5.41, 5.74) is 0.550. The number of rotatable bonds is 8. The molecule has 3 rings (SSSR count). The maximum Gasteiger partial charge on any atom is 0.230 e. The molecule has 0 unspecified atom stereocenters. The van der Waals surface area contributed by atoms with E-state index in [1.807, 2.05) is 0 Å². The van der Waals surface area contributed by atoms with Crippen LogP contribution in [0.4, 0.5) is 5.13 Å². The summed E-state index contributed by atoms with van der Waals surface area (Å²) >= 11 is 14.6. The quantitative estimate of drug-likeness (QED) is 0.325. The molecule has 30 heavy (non-hydrogen) atoms. The molecule has 0 saturated carbocycles. The summed E-state index contributed by atoms with van der Waals surface area (Å²) in [6.07, 6.45) is 2.98. The molecular formula is C18H20Cl2N4O3S3. The molecule has 2 heterocycles. The van der Waals surface area contributed by atoms with Crippen LogP contribution in [0.5, 0.6) is 0 Å². The van der Waals surface area contributed by atoms with Crippen LogP contribution in [-0.2, 0) is 20.6 Å². The Morgan fingerprint density at radius 2 is 2.17 bits per heavy atom. The minimum absolute atomic E-state index is 0.131. The van der Waals surface area contributed by atoms with Gasteiger partial charge in [0, 0.05) is 18.8 Å². The number of carbonyl (C=O) groups excluding carboxylic acids is 1. The van der Waals surface area contributed by atoms with E-state index in [2.05, 4.69) is 22.1 Å². The summed E-state index contributed by atoms with van der Waals surface area (Å²) in [5, 5.41) is 11.8. The number of sulfonamides is 1. The molecular weight excluding hydrogens is 487 g/mol. The summed E-state index contributed by atoms with van der Waals surface area (Å²) < 4.78 is 27.8. The summed E-state index contributed by atoms with van der Waals surface area (Å²) in [7, 11) is -3.60. The number of benzene rings is 1. The summed E-state index contributed by atoms with van der Waals surface area (Å²) in [5.74, 6) is -0.189. The number of amides is 1. The zero-order valence-corrected chi connectivity index (χ0v) is 19.8. The second kappa shape index (κ2) is 10.4. The van der Waals surface area contributed by atoms with Gasteiger partial charge in [-0.15, -0.1) is 16.8 Å². The monoisotopic (exact) mass is 506 g/mol. The molecule has 1 aromatic heterocycles. The fraction of sp³-hybridized carbons (Fsp3) is 0.389. The maximum atomic E-state index is 12.9. The van der Waals surface area contributed by atoms with Gasteiger partial charge in [-0.25, -0.2) is 12.7 Å². The highest BCUT2D eigenvalue weighted by molar-refractivity contribution is 8.01. The van der Waals surface area contributed by atoms with Crippen molar-refractivity contribution in [2.45, 2.75) is 22.9 Å². The molecule has 1 atom stereocenters. The number of thioether (sulfide) groups is 1. The number of anilines is 1. The van der Waals surface area contributed by atoms with Gasteiger partial charge in [0.2, 0.25) is 21.1 Å². The first-order chi connectivity index (χ1) is 14.3. The second-order valence-corrected chi connectivity index (χ2v) is 11.7. The van der Waals surface area contributed by atoms with E-state index in [4.69, 9.17) is 23.2 Å². The van der Waals surface area contributed by atoms with Crippen molar-refractivity contribution in [3.05, 3.63) is 46.5 Å². The van der Waals surface area contributed by atoms with E-state index < -0.39 is 15.9 Å². The van der Waals surface area contributed by atoms with Gasteiger partial charge >= 0.3 is 0 Å². The lowest BCUT2D eigenvalue weighted by molar-refractivity contribution is -0.120. The van der Waals surface area contributed by atoms with Gasteiger partial charge in [0.05, 0.1) is 21.7 Å². The Morgan fingerprint density at radius 1 is 1.37 bits per heavy atom. The SMILES string of the molecule is C=CCSc1nnc(NC(=O)[C@@H]2CCCN(S(=O)(=O)Cc3ccc(Cl)c(Cl)c3)C2)s1. The van der Waals surface area contributed by atoms with Crippen LogP contribution < -0.4 is 5.32 Å². The zero-order valence-electron chi connectivity index (χ0n) is 15.9. The topological polar surface area (TPSA) is 92.3 Å². The molecule has 1 N–H and O–H groups in total. The minimum atomic E-state index is -3.60. The van der Waals surface area contributed by atoms with E-state index in [0.29, 0.717) is 45.9 Å². The van der Waals surface area contributed by atoms with Crippen LogP contribution in [0.25, 0.3) is 0 Å². The van der Waals surface area contributed by atoms with Crippen molar-refractivity contribution >= 4 is 67.4 Å². The van der Waals surface area contributed by atoms with Crippen molar-refractivity contribution < 1.29 is 13.2 Å². The molecule has 0 spiro atoms. The van der Waals surface area contributed by atoms with Crippen LogP contribution in [0.3, 0.4) is 0 Å². The van der Waals surface area contributed by atoms with Crippen molar-refractivity contribution in [1.29, 1.82) is 0 Å². The van der Waals surface area contributed by atoms with Crippen LogP contribution in [0.15, 0.2) is 35.2 Å². The lowest BCUT2D eigenvalue weighted by atomic mass is 9.99. The van der Waals surface area contributed by atoms with E-state index in [1.54, 1.807) is 24.3 Å². The molecule has 1 saturated heterocycles. The third-order valence-corrected chi connectivity index (χ3v) is 8.97. The molecule has 1 aromatic carbocycles.